The zero-order chi connectivity index (χ0) is 12.7. The molecule has 0 radical (unpaired) electrons. The highest BCUT2D eigenvalue weighted by Gasteiger charge is 2.18. The van der Waals surface area contributed by atoms with Crippen LogP contribution < -0.4 is 0 Å². The topological polar surface area (TPSA) is 76.0 Å². The Morgan fingerprint density at radius 1 is 1.41 bits per heavy atom. The maximum atomic E-state index is 11.4. The fourth-order valence-corrected chi connectivity index (χ4v) is 1.11. The van der Waals surface area contributed by atoms with Gasteiger partial charge in [-0.1, -0.05) is 43.0 Å². The van der Waals surface area contributed by atoms with Gasteiger partial charge in [0.15, 0.2) is 5.76 Å². The number of carbonyl (C=O) groups is 1. The van der Waals surface area contributed by atoms with Crippen LogP contribution in [-0.2, 0) is 9.53 Å². The number of aliphatic hydroxyl groups is 1. The molecule has 88 valence electrons. The average molecular weight is 233 g/mol. The summed E-state index contributed by atoms with van der Waals surface area (Å²) in [6.07, 6.45) is 1.35. The molecule has 5 nitrogen and oxygen atoms in total. The molecule has 1 aromatic rings. The lowest BCUT2D eigenvalue weighted by molar-refractivity contribution is -0.137. The van der Waals surface area contributed by atoms with Crippen LogP contribution in [0.15, 0.2) is 53.9 Å². The normalized spacial score (nSPS) is 11.3. The smallest absolute Gasteiger partial charge is 0.364 e. The molecular weight excluding hydrogens is 222 g/mol. The predicted molar refractivity (Wildman–Crippen MR) is 62.9 cm³/mol. The van der Waals surface area contributed by atoms with Gasteiger partial charge < -0.3 is 9.84 Å². The van der Waals surface area contributed by atoms with Gasteiger partial charge in [-0.05, 0) is 5.18 Å². The summed E-state index contributed by atoms with van der Waals surface area (Å²) in [5.74, 6) is -1.49. The van der Waals surface area contributed by atoms with E-state index in [0.29, 0.717) is 5.56 Å². The number of nitrogens with zero attached hydrogens (tertiary/aromatic N) is 1. The first-order chi connectivity index (χ1) is 8.20. The van der Waals surface area contributed by atoms with Gasteiger partial charge in [0.05, 0.1) is 0 Å². The van der Waals surface area contributed by atoms with Crippen molar-refractivity contribution in [3.8, 4) is 0 Å². The number of hydrogen-bond donors (Lipinski definition) is 1. The number of esters is 1. The van der Waals surface area contributed by atoms with Crippen molar-refractivity contribution in [2.75, 3.05) is 6.61 Å². The third kappa shape index (κ3) is 3.27. The molecule has 0 heterocycles. The van der Waals surface area contributed by atoms with Crippen molar-refractivity contribution in [3.05, 3.63) is 59.2 Å². The van der Waals surface area contributed by atoms with Crippen LogP contribution in [0.2, 0.25) is 0 Å². The van der Waals surface area contributed by atoms with E-state index in [2.05, 4.69) is 16.5 Å². The Balaban J connectivity index is 3.02. The van der Waals surface area contributed by atoms with Crippen molar-refractivity contribution in [3.63, 3.8) is 0 Å². The second-order valence-corrected chi connectivity index (χ2v) is 3.04. The van der Waals surface area contributed by atoms with Crippen LogP contribution in [-0.4, -0.2) is 17.7 Å². The van der Waals surface area contributed by atoms with E-state index in [1.807, 2.05) is 0 Å². The number of benzene rings is 1. The Labute approximate surface area is 98.0 Å². The summed E-state index contributed by atoms with van der Waals surface area (Å²) in [6.45, 7) is 3.30. The number of rotatable bonds is 5. The van der Waals surface area contributed by atoms with Crippen LogP contribution in [0.4, 0.5) is 0 Å². The summed E-state index contributed by atoms with van der Waals surface area (Å²) in [5, 5.41) is 12.2. The highest BCUT2D eigenvalue weighted by molar-refractivity contribution is 5.95. The van der Waals surface area contributed by atoms with Gasteiger partial charge in [-0.3, -0.25) is 0 Å². The quantitative estimate of drug-likeness (QED) is 0.278. The van der Waals surface area contributed by atoms with Crippen molar-refractivity contribution in [2.24, 2.45) is 5.18 Å². The zero-order valence-electron chi connectivity index (χ0n) is 9.00. The van der Waals surface area contributed by atoms with E-state index < -0.39 is 17.4 Å². The Bertz CT molecular complexity index is 451. The molecule has 0 spiro atoms. The van der Waals surface area contributed by atoms with Crippen molar-refractivity contribution in [1.82, 2.24) is 0 Å². The molecule has 1 aromatic carbocycles. The van der Waals surface area contributed by atoms with Gasteiger partial charge >= 0.3 is 5.97 Å². The lowest BCUT2D eigenvalue weighted by Gasteiger charge is -2.03. The molecule has 0 unspecified atom stereocenters. The monoisotopic (exact) mass is 233 g/mol. The minimum absolute atomic E-state index is 0.0556. The number of hydrogen-bond acceptors (Lipinski definition) is 5. The highest BCUT2D eigenvalue weighted by Crippen LogP contribution is 2.17. The number of aliphatic hydroxyl groups excluding tert-OH is 1. The first kappa shape index (κ1) is 12.6. The van der Waals surface area contributed by atoms with E-state index in [-0.39, 0.29) is 6.61 Å². The standard InChI is InChI=1S/C12H11NO4/c1-2-8-17-12(15)10(13-16)11(14)9-6-4-3-5-7-9/h2-7,14H,1,8H2. The summed E-state index contributed by atoms with van der Waals surface area (Å²) in [6, 6.07) is 8.13. The molecule has 1 N–H and O–H groups in total. The van der Waals surface area contributed by atoms with Crippen molar-refractivity contribution in [2.45, 2.75) is 0 Å². The van der Waals surface area contributed by atoms with Gasteiger partial charge in [0.25, 0.3) is 0 Å². The first-order valence-electron chi connectivity index (χ1n) is 4.80. The average Bonchev–Trinajstić information content (AvgIpc) is 2.38. The summed E-state index contributed by atoms with van der Waals surface area (Å²) >= 11 is 0. The molecule has 0 atom stereocenters. The Kier molecular flexibility index (Phi) is 4.62. The van der Waals surface area contributed by atoms with Crippen LogP contribution in [0.5, 0.6) is 0 Å². The van der Waals surface area contributed by atoms with Crippen molar-refractivity contribution >= 4 is 11.7 Å². The second kappa shape index (κ2) is 6.22. The minimum Gasteiger partial charge on any atom is -0.505 e. The fraction of sp³-hybridized carbons (Fsp3) is 0.0833. The van der Waals surface area contributed by atoms with Crippen LogP contribution in [0.3, 0.4) is 0 Å². The largest absolute Gasteiger partial charge is 0.505 e. The molecule has 0 saturated carbocycles. The molecule has 0 aliphatic heterocycles. The van der Waals surface area contributed by atoms with Crippen LogP contribution in [0.1, 0.15) is 5.56 Å². The summed E-state index contributed by atoms with van der Waals surface area (Å²) in [5.41, 5.74) is -0.337. The molecule has 17 heavy (non-hydrogen) atoms. The molecule has 0 aliphatic rings. The van der Waals surface area contributed by atoms with Crippen LogP contribution in [0.25, 0.3) is 5.76 Å². The number of nitroso groups, excluding NO2 is 1. The summed E-state index contributed by atoms with van der Waals surface area (Å²) in [4.78, 5) is 21.9. The number of ether oxygens (including phenoxy) is 1. The van der Waals surface area contributed by atoms with E-state index in [1.165, 1.54) is 6.08 Å². The SMILES string of the molecule is C=CCOC(=O)C(N=O)=C(O)c1ccccc1. The molecule has 0 saturated heterocycles. The molecule has 0 bridgehead atoms. The van der Waals surface area contributed by atoms with Gasteiger partial charge in [0.2, 0.25) is 5.70 Å². The fourth-order valence-electron chi connectivity index (χ4n) is 1.11. The van der Waals surface area contributed by atoms with Gasteiger partial charge in [-0.25, -0.2) is 4.79 Å². The van der Waals surface area contributed by atoms with Crippen LogP contribution >= 0.6 is 0 Å². The third-order valence-electron chi connectivity index (χ3n) is 1.89. The molecule has 0 aliphatic carbocycles. The van der Waals surface area contributed by atoms with E-state index in [4.69, 9.17) is 0 Å². The number of carbonyl (C=O) groups excluding carboxylic acids is 1. The molecule has 0 amide bonds. The van der Waals surface area contributed by atoms with Crippen molar-refractivity contribution in [1.29, 1.82) is 0 Å². The Morgan fingerprint density at radius 2 is 2.06 bits per heavy atom. The maximum absolute atomic E-state index is 11.4. The first-order valence-corrected chi connectivity index (χ1v) is 4.80. The highest BCUT2D eigenvalue weighted by atomic mass is 16.5. The second-order valence-electron chi connectivity index (χ2n) is 3.04. The van der Waals surface area contributed by atoms with Gasteiger partial charge in [0.1, 0.15) is 6.61 Å². The molecule has 0 fully saturated rings. The summed E-state index contributed by atoms with van der Waals surface area (Å²) < 4.78 is 4.62. The van der Waals surface area contributed by atoms with E-state index in [1.54, 1.807) is 30.3 Å². The maximum Gasteiger partial charge on any atom is 0.364 e. The van der Waals surface area contributed by atoms with E-state index in [0.717, 1.165) is 0 Å². The Hall–Kier alpha value is -2.43. The van der Waals surface area contributed by atoms with E-state index >= 15 is 0 Å². The molecular formula is C12H11NO4. The molecule has 0 aromatic heterocycles. The predicted octanol–water partition coefficient (Wildman–Crippen LogP) is 2.41. The lowest BCUT2D eigenvalue weighted by atomic mass is 10.1. The van der Waals surface area contributed by atoms with Crippen LogP contribution in [0, 0.1) is 4.91 Å². The summed E-state index contributed by atoms with van der Waals surface area (Å²) in [7, 11) is 0. The molecule has 5 heteroatoms. The minimum atomic E-state index is -0.985. The van der Waals surface area contributed by atoms with E-state index in [9.17, 15) is 14.8 Å². The third-order valence-corrected chi connectivity index (χ3v) is 1.89. The zero-order valence-corrected chi connectivity index (χ0v) is 9.00. The van der Waals surface area contributed by atoms with Gasteiger partial charge in [-0.2, -0.15) is 0 Å². The van der Waals surface area contributed by atoms with Gasteiger partial charge in [-0.15, -0.1) is 4.91 Å². The van der Waals surface area contributed by atoms with Gasteiger partial charge in [0, 0.05) is 5.56 Å². The Morgan fingerprint density at radius 3 is 2.59 bits per heavy atom. The van der Waals surface area contributed by atoms with Crippen molar-refractivity contribution < 1.29 is 14.6 Å². The molecule has 1 rings (SSSR count). The lowest BCUT2D eigenvalue weighted by Crippen LogP contribution is -2.08.